The Labute approximate surface area is 169 Å². The molecule has 1 heterocycles. The van der Waals surface area contributed by atoms with Crippen molar-refractivity contribution in [3.05, 3.63) is 18.0 Å². The molecule has 2 rings (SSSR count). The van der Waals surface area contributed by atoms with Crippen molar-refractivity contribution >= 4 is 29.9 Å². The third kappa shape index (κ3) is 5.09. The minimum absolute atomic E-state index is 0. The zero-order valence-corrected chi connectivity index (χ0v) is 18.5. The van der Waals surface area contributed by atoms with Gasteiger partial charge in [0, 0.05) is 43.4 Å². The van der Waals surface area contributed by atoms with E-state index in [1.54, 1.807) is 0 Å². The molecule has 0 amide bonds. The van der Waals surface area contributed by atoms with Gasteiger partial charge in [0.2, 0.25) is 0 Å². The van der Waals surface area contributed by atoms with Gasteiger partial charge in [-0.05, 0) is 33.1 Å². The van der Waals surface area contributed by atoms with E-state index >= 15 is 0 Å². The molecule has 1 aromatic heterocycles. The second kappa shape index (κ2) is 10.4. The molecule has 0 aliphatic heterocycles. The first-order valence-corrected chi connectivity index (χ1v) is 9.23. The van der Waals surface area contributed by atoms with Crippen molar-refractivity contribution in [2.24, 2.45) is 17.5 Å². The van der Waals surface area contributed by atoms with Gasteiger partial charge >= 0.3 is 0 Å². The van der Waals surface area contributed by atoms with E-state index in [4.69, 9.17) is 9.73 Å². The fraction of sp³-hybridized carbons (Fsp3) is 0.778. The summed E-state index contributed by atoms with van der Waals surface area (Å²) in [5, 5.41) is 11.2. The number of guanidine groups is 1. The molecule has 2 atom stereocenters. The predicted molar refractivity (Wildman–Crippen MR) is 113 cm³/mol. The summed E-state index contributed by atoms with van der Waals surface area (Å²) in [7, 11) is 1.93. The molecule has 1 aromatic rings. The molecule has 1 aliphatic carbocycles. The fourth-order valence-electron chi connectivity index (χ4n) is 3.79. The Morgan fingerprint density at radius 3 is 2.60 bits per heavy atom. The average Bonchev–Trinajstić information content (AvgIpc) is 2.98. The number of nitrogens with one attached hydrogen (secondary N) is 2. The van der Waals surface area contributed by atoms with Gasteiger partial charge in [-0.2, -0.15) is 5.10 Å². The first-order valence-electron chi connectivity index (χ1n) is 9.23. The van der Waals surface area contributed by atoms with Crippen LogP contribution in [0, 0.1) is 5.41 Å². The molecule has 0 aromatic carbocycles. The molecule has 2 unspecified atom stereocenters. The van der Waals surface area contributed by atoms with Gasteiger partial charge in [-0.3, -0.25) is 4.68 Å². The molecule has 144 valence electrons. The highest BCUT2D eigenvalue weighted by atomic mass is 127. The number of rotatable bonds is 8. The molecule has 0 saturated heterocycles. The lowest BCUT2D eigenvalue weighted by molar-refractivity contribution is -0.133. The topological polar surface area (TPSA) is 63.5 Å². The molecule has 0 bridgehead atoms. The number of nitrogens with zero attached hydrogens (tertiary/aromatic N) is 3. The summed E-state index contributed by atoms with van der Waals surface area (Å²) in [5.74, 6) is 0.882. The smallest absolute Gasteiger partial charge is 0.191 e. The lowest BCUT2D eigenvalue weighted by atomic mass is 9.58. The van der Waals surface area contributed by atoms with Crippen molar-refractivity contribution in [3.63, 3.8) is 0 Å². The molecule has 1 fully saturated rings. The van der Waals surface area contributed by atoms with Gasteiger partial charge in [-0.25, -0.2) is 4.99 Å². The van der Waals surface area contributed by atoms with Gasteiger partial charge in [0.05, 0.1) is 18.8 Å². The molecule has 1 aliphatic rings. The molecule has 7 heteroatoms. The van der Waals surface area contributed by atoms with Crippen molar-refractivity contribution in [1.82, 2.24) is 20.4 Å². The summed E-state index contributed by atoms with van der Waals surface area (Å²) < 4.78 is 7.78. The maximum atomic E-state index is 5.97. The Morgan fingerprint density at radius 2 is 2.08 bits per heavy atom. The Morgan fingerprint density at radius 1 is 1.36 bits per heavy atom. The molecule has 1 saturated carbocycles. The van der Waals surface area contributed by atoms with E-state index in [9.17, 15) is 0 Å². The maximum absolute atomic E-state index is 5.97. The van der Waals surface area contributed by atoms with Crippen molar-refractivity contribution in [2.75, 3.05) is 13.2 Å². The Hall–Kier alpha value is -0.830. The van der Waals surface area contributed by atoms with E-state index in [0.717, 1.165) is 43.9 Å². The lowest BCUT2D eigenvalue weighted by Gasteiger charge is -2.55. The third-order valence-electron chi connectivity index (χ3n) is 5.30. The summed E-state index contributed by atoms with van der Waals surface area (Å²) in [6.45, 7) is 11.0. The van der Waals surface area contributed by atoms with Gasteiger partial charge in [0.1, 0.15) is 0 Å². The van der Waals surface area contributed by atoms with E-state index in [2.05, 4.69) is 43.4 Å². The highest BCUT2D eigenvalue weighted by Crippen LogP contribution is 2.48. The lowest BCUT2D eigenvalue weighted by Crippen LogP contribution is -2.65. The van der Waals surface area contributed by atoms with Crippen LogP contribution in [0.2, 0.25) is 0 Å². The Balaban J connectivity index is 0.00000312. The van der Waals surface area contributed by atoms with E-state index in [0.29, 0.717) is 18.7 Å². The standard InChI is InChI=1S/C18H33N5O.HI/c1-6-18(7-2)15(10-16(18)24-9-4)22-17(19-8-3)20-11-14-12-21-23(5)13-14;/h12-13,15-16H,6-11H2,1-5H3,(H2,19,20,22);1H. The Bertz CT molecular complexity index is 541. The maximum Gasteiger partial charge on any atom is 0.191 e. The van der Waals surface area contributed by atoms with Crippen LogP contribution in [-0.2, 0) is 18.3 Å². The number of hydrogen-bond donors (Lipinski definition) is 2. The SMILES string of the molecule is CCNC(=NCc1cnn(C)c1)NC1CC(OCC)C1(CC)CC.I. The van der Waals surface area contributed by atoms with Gasteiger partial charge in [-0.15, -0.1) is 24.0 Å². The van der Waals surface area contributed by atoms with Crippen LogP contribution < -0.4 is 10.6 Å². The number of hydrogen-bond acceptors (Lipinski definition) is 3. The normalized spacial score (nSPS) is 22.0. The minimum Gasteiger partial charge on any atom is -0.378 e. The highest BCUT2D eigenvalue weighted by molar-refractivity contribution is 14.0. The second-order valence-corrected chi connectivity index (χ2v) is 6.53. The van der Waals surface area contributed by atoms with Crippen molar-refractivity contribution in [3.8, 4) is 0 Å². The van der Waals surface area contributed by atoms with Crippen LogP contribution in [0.25, 0.3) is 0 Å². The fourth-order valence-corrected chi connectivity index (χ4v) is 3.79. The molecule has 0 radical (unpaired) electrons. The van der Waals surface area contributed by atoms with Crippen LogP contribution in [0.3, 0.4) is 0 Å². The van der Waals surface area contributed by atoms with Gasteiger partial charge in [0.15, 0.2) is 5.96 Å². The Kier molecular flexibility index (Phi) is 9.20. The van der Waals surface area contributed by atoms with Crippen molar-refractivity contribution < 1.29 is 4.74 Å². The summed E-state index contributed by atoms with van der Waals surface area (Å²) >= 11 is 0. The number of halogens is 1. The number of aromatic nitrogens is 2. The first-order chi connectivity index (χ1) is 11.6. The molecule has 6 nitrogen and oxygen atoms in total. The zero-order chi connectivity index (χ0) is 17.6. The molecular weight excluding hydrogens is 429 g/mol. The highest BCUT2D eigenvalue weighted by Gasteiger charge is 2.53. The second-order valence-electron chi connectivity index (χ2n) is 6.53. The van der Waals surface area contributed by atoms with E-state index in [-0.39, 0.29) is 29.4 Å². The molecular formula is C18H34IN5O. The monoisotopic (exact) mass is 463 g/mol. The van der Waals surface area contributed by atoms with Gasteiger partial charge < -0.3 is 15.4 Å². The van der Waals surface area contributed by atoms with Crippen LogP contribution in [0.1, 0.15) is 52.5 Å². The molecule has 2 N–H and O–H groups in total. The number of ether oxygens (including phenoxy) is 1. The van der Waals surface area contributed by atoms with E-state index in [1.807, 2.05) is 24.1 Å². The number of aliphatic imine (C=N–C) groups is 1. The third-order valence-corrected chi connectivity index (χ3v) is 5.30. The largest absolute Gasteiger partial charge is 0.378 e. The summed E-state index contributed by atoms with van der Waals surface area (Å²) in [6.07, 6.45) is 7.51. The molecule has 0 spiro atoms. The summed E-state index contributed by atoms with van der Waals surface area (Å²) in [5.41, 5.74) is 1.33. The molecule has 25 heavy (non-hydrogen) atoms. The van der Waals surface area contributed by atoms with Gasteiger partial charge in [-0.1, -0.05) is 13.8 Å². The summed E-state index contributed by atoms with van der Waals surface area (Å²) in [4.78, 5) is 4.72. The summed E-state index contributed by atoms with van der Waals surface area (Å²) in [6, 6.07) is 0.413. The van der Waals surface area contributed by atoms with Crippen LogP contribution in [0.4, 0.5) is 0 Å². The van der Waals surface area contributed by atoms with E-state index < -0.39 is 0 Å². The predicted octanol–water partition coefficient (Wildman–Crippen LogP) is 3.08. The van der Waals surface area contributed by atoms with Crippen LogP contribution in [0.5, 0.6) is 0 Å². The van der Waals surface area contributed by atoms with E-state index in [1.165, 1.54) is 0 Å². The van der Waals surface area contributed by atoms with Crippen LogP contribution in [0.15, 0.2) is 17.4 Å². The van der Waals surface area contributed by atoms with Crippen molar-refractivity contribution in [1.29, 1.82) is 0 Å². The number of aryl methyl sites for hydroxylation is 1. The van der Waals surface area contributed by atoms with Crippen LogP contribution >= 0.6 is 24.0 Å². The average molecular weight is 463 g/mol. The van der Waals surface area contributed by atoms with Gasteiger partial charge in [0.25, 0.3) is 0 Å². The zero-order valence-electron chi connectivity index (χ0n) is 16.2. The minimum atomic E-state index is 0. The van der Waals surface area contributed by atoms with Crippen LogP contribution in [-0.4, -0.2) is 41.0 Å². The quantitative estimate of drug-likeness (QED) is 0.354. The first kappa shape index (κ1) is 22.2. The van der Waals surface area contributed by atoms with Crippen molar-refractivity contribution in [2.45, 2.75) is 65.6 Å².